The molecule has 106 valence electrons. The van der Waals surface area contributed by atoms with Crippen LogP contribution in [-0.2, 0) is 0 Å². The summed E-state index contributed by atoms with van der Waals surface area (Å²) in [5, 5.41) is 2.75. The third-order valence-electron chi connectivity index (χ3n) is 3.30. The van der Waals surface area contributed by atoms with Crippen molar-refractivity contribution in [2.45, 2.75) is 19.6 Å². The monoisotopic (exact) mass is 281 g/mol. The fraction of sp³-hybridized carbons (Fsp3) is 0.176. The van der Waals surface area contributed by atoms with E-state index in [0.717, 1.165) is 0 Å². The van der Waals surface area contributed by atoms with Crippen LogP contribution >= 0.6 is 0 Å². The van der Waals surface area contributed by atoms with Gasteiger partial charge in [0.15, 0.2) is 11.5 Å². The second-order valence-corrected chi connectivity index (χ2v) is 5.47. The van der Waals surface area contributed by atoms with E-state index in [9.17, 15) is 9.59 Å². The second-order valence-electron chi connectivity index (χ2n) is 5.47. The number of carbonyl (C=O) groups is 2. The molecule has 0 aromatic heterocycles. The largest absolute Gasteiger partial charge is 0.468 e. The van der Waals surface area contributed by atoms with Crippen LogP contribution in [0.2, 0.25) is 0 Å². The molecule has 1 N–H and O–H groups in total. The number of ketones is 1. The summed E-state index contributed by atoms with van der Waals surface area (Å²) in [5.41, 5.74) is 0.708. The van der Waals surface area contributed by atoms with Crippen LogP contribution < -0.4 is 10.1 Å². The topological polar surface area (TPSA) is 55.4 Å². The zero-order valence-electron chi connectivity index (χ0n) is 11.8. The predicted molar refractivity (Wildman–Crippen MR) is 78.5 cm³/mol. The summed E-state index contributed by atoms with van der Waals surface area (Å²) >= 11 is 0. The van der Waals surface area contributed by atoms with Gasteiger partial charge in [-0.1, -0.05) is 30.3 Å². The molecule has 2 aromatic rings. The van der Waals surface area contributed by atoms with Crippen LogP contribution in [0.4, 0.5) is 0 Å². The van der Waals surface area contributed by atoms with Gasteiger partial charge in [-0.2, -0.15) is 0 Å². The van der Waals surface area contributed by atoms with Crippen LogP contribution in [0.5, 0.6) is 5.75 Å². The lowest BCUT2D eigenvalue weighted by atomic mass is 9.99. The Morgan fingerprint density at radius 3 is 2.48 bits per heavy atom. The molecule has 0 saturated carbocycles. The summed E-state index contributed by atoms with van der Waals surface area (Å²) in [4.78, 5) is 24.5. The summed E-state index contributed by atoms with van der Waals surface area (Å²) in [7, 11) is 0. The van der Waals surface area contributed by atoms with Gasteiger partial charge in [0.1, 0.15) is 5.75 Å². The van der Waals surface area contributed by atoms with Crippen molar-refractivity contribution in [1.29, 1.82) is 0 Å². The fourth-order valence-electron chi connectivity index (χ4n) is 2.34. The molecule has 2 aromatic carbocycles. The maximum atomic E-state index is 12.4. The number of hydrogen-bond donors (Lipinski definition) is 1. The molecule has 3 rings (SSSR count). The van der Waals surface area contributed by atoms with Crippen molar-refractivity contribution in [1.82, 2.24) is 5.32 Å². The van der Waals surface area contributed by atoms with Crippen molar-refractivity contribution in [2.24, 2.45) is 0 Å². The Kier molecular flexibility index (Phi) is 3.01. The molecule has 1 aliphatic rings. The molecule has 0 fully saturated rings. The highest BCUT2D eigenvalue weighted by atomic mass is 16.5. The Hall–Kier alpha value is -2.62. The molecule has 1 amide bonds. The number of benzene rings is 2. The number of carbonyl (C=O) groups excluding carboxylic acids is 2. The Morgan fingerprint density at radius 1 is 1.05 bits per heavy atom. The highest BCUT2D eigenvalue weighted by Gasteiger charge is 2.31. The molecule has 0 bridgehead atoms. The smallest absolute Gasteiger partial charge is 0.258 e. The van der Waals surface area contributed by atoms with Crippen LogP contribution in [0.3, 0.4) is 0 Å². The molecule has 0 spiro atoms. The van der Waals surface area contributed by atoms with E-state index in [1.807, 2.05) is 18.2 Å². The van der Waals surface area contributed by atoms with E-state index >= 15 is 0 Å². The molecule has 0 atom stereocenters. The van der Waals surface area contributed by atoms with Crippen molar-refractivity contribution in [3.05, 3.63) is 65.2 Å². The van der Waals surface area contributed by atoms with Gasteiger partial charge in [0.05, 0.1) is 5.56 Å². The lowest BCUT2D eigenvalue weighted by molar-refractivity contribution is 0.0433. The van der Waals surface area contributed by atoms with Gasteiger partial charge in [-0.3, -0.25) is 9.59 Å². The first-order valence-corrected chi connectivity index (χ1v) is 6.72. The summed E-state index contributed by atoms with van der Waals surface area (Å²) in [6.45, 7) is 3.55. The number of hydrogen-bond acceptors (Lipinski definition) is 3. The maximum Gasteiger partial charge on any atom is 0.258 e. The van der Waals surface area contributed by atoms with Crippen LogP contribution in [0, 0.1) is 0 Å². The standard InChI is InChI=1S/C17H15NO3/c1-17(2)18-16(20)13-10-12(8-9-14(13)21-17)15(19)11-6-4-3-5-7-11/h3-10H,1-2H3,(H,18,20). The Labute approximate surface area is 122 Å². The van der Waals surface area contributed by atoms with Crippen LogP contribution in [0.15, 0.2) is 48.5 Å². The van der Waals surface area contributed by atoms with Crippen molar-refractivity contribution in [3.63, 3.8) is 0 Å². The number of rotatable bonds is 2. The van der Waals surface area contributed by atoms with E-state index in [4.69, 9.17) is 4.74 Å². The van der Waals surface area contributed by atoms with Crippen LogP contribution in [0.1, 0.15) is 40.1 Å². The van der Waals surface area contributed by atoms with Gasteiger partial charge in [-0.15, -0.1) is 0 Å². The quantitative estimate of drug-likeness (QED) is 0.861. The van der Waals surface area contributed by atoms with E-state index < -0.39 is 5.72 Å². The number of amides is 1. The molecular weight excluding hydrogens is 266 g/mol. The van der Waals surface area contributed by atoms with Crippen molar-refractivity contribution in [2.75, 3.05) is 0 Å². The van der Waals surface area contributed by atoms with Gasteiger partial charge in [0, 0.05) is 11.1 Å². The molecule has 0 unspecified atom stereocenters. The van der Waals surface area contributed by atoms with Crippen molar-refractivity contribution < 1.29 is 14.3 Å². The first-order valence-electron chi connectivity index (χ1n) is 6.72. The van der Waals surface area contributed by atoms with Gasteiger partial charge in [-0.25, -0.2) is 0 Å². The molecule has 1 heterocycles. The molecule has 4 heteroatoms. The predicted octanol–water partition coefficient (Wildman–Crippen LogP) is 2.78. The number of ether oxygens (including phenoxy) is 1. The summed E-state index contributed by atoms with van der Waals surface area (Å²) in [5.74, 6) is 0.147. The highest BCUT2D eigenvalue weighted by Crippen LogP contribution is 2.28. The summed E-state index contributed by atoms with van der Waals surface area (Å²) in [6.07, 6.45) is 0. The van der Waals surface area contributed by atoms with Crippen LogP contribution in [0.25, 0.3) is 0 Å². The van der Waals surface area contributed by atoms with E-state index in [2.05, 4.69) is 5.32 Å². The van der Waals surface area contributed by atoms with Gasteiger partial charge in [0.25, 0.3) is 5.91 Å². The molecule has 1 aliphatic heterocycles. The third-order valence-corrected chi connectivity index (χ3v) is 3.30. The fourth-order valence-corrected chi connectivity index (χ4v) is 2.34. The number of fused-ring (bicyclic) bond motifs is 1. The average molecular weight is 281 g/mol. The summed E-state index contributed by atoms with van der Waals surface area (Å²) < 4.78 is 5.69. The second kappa shape index (κ2) is 4.74. The molecule has 4 nitrogen and oxygen atoms in total. The lowest BCUT2D eigenvalue weighted by Crippen LogP contribution is -2.51. The Bertz CT molecular complexity index is 720. The Balaban J connectivity index is 1.99. The van der Waals surface area contributed by atoms with E-state index in [1.165, 1.54) is 0 Å². The summed E-state index contributed by atoms with van der Waals surface area (Å²) in [6, 6.07) is 13.9. The normalized spacial score (nSPS) is 15.6. The van der Waals surface area contributed by atoms with Crippen molar-refractivity contribution >= 4 is 11.7 Å². The first kappa shape index (κ1) is 13.4. The highest BCUT2D eigenvalue weighted by molar-refractivity contribution is 6.10. The van der Waals surface area contributed by atoms with E-state index in [-0.39, 0.29) is 11.7 Å². The maximum absolute atomic E-state index is 12.4. The van der Waals surface area contributed by atoms with Gasteiger partial charge in [0.2, 0.25) is 0 Å². The minimum Gasteiger partial charge on any atom is -0.468 e. The molecule has 0 radical (unpaired) electrons. The lowest BCUT2D eigenvalue weighted by Gasteiger charge is -2.33. The molecule has 0 aliphatic carbocycles. The SMILES string of the molecule is CC1(C)NC(=O)c2cc(C(=O)c3ccccc3)ccc2O1. The zero-order chi connectivity index (χ0) is 15.0. The van der Waals surface area contributed by atoms with Gasteiger partial charge in [-0.05, 0) is 32.0 Å². The van der Waals surface area contributed by atoms with Crippen molar-refractivity contribution in [3.8, 4) is 5.75 Å². The minimum absolute atomic E-state index is 0.115. The van der Waals surface area contributed by atoms with Gasteiger partial charge >= 0.3 is 0 Å². The molecule has 21 heavy (non-hydrogen) atoms. The molecule has 0 saturated heterocycles. The minimum atomic E-state index is -0.741. The Morgan fingerprint density at radius 2 is 1.76 bits per heavy atom. The number of nitrogens with one attached hydrogen (secondary N) is 1. The first-order chi connectivity index (χ1) is 9.96. The van der Waals surface area contributed by atoms with Crippen LogP contribution in [-0.4, -0.2) is 17.4 Å². The van der Waals surface area contributed by atoms with E-state index in [1.54, 1.807) is 44.2 Å². The van der Waals surface area contributed by atoms with Gasteiger partial charge < -0.3 is 10.1 Å². The van der Waals surface area contributed by atoms with E-state index in [0.29, 0.717) is 22.4 Å². The molecular formula is C17H15NO3. The zero-order valence-corrected chi connectivity index (χ0v) is 11.8. The average Bonchev–Trinajstić information content (AvgIpc) is 2.46. The third kappa shape index (κ3) is 2.52.